The summed E-state index contributed by atoms with van der Waals surface area (Å²) in [4.78, 5) is 14.9. The van der Waals surface area contributed by atoms with Crippen molar-refractivity contribution in [3.63, 3.8) is 0 Å². The fraction of sp³-hybridized carbons (Fsp3) is 0.423. The first kappa shape index (κ1) is 24.8. The van der Waals surface area contributed by atoms with Crippen molar-refractivity contribution in [1.82, 2.24) is 4.90 Å². The Kier molecular flexibility index (Phi) is 9.44. The first-order chi connectivity index (χ1) is 14.7. The van der Waals surface area contributed by atoms with Crippen molar-refractivity contribution in [2.24, 2.45) is 0 Å². The van der Waals surface area contributed by atoms with Gasteiger partial charge in [-0.3, -0.25) is 4.90 Å². The van der Waals surface area contributed by atoms with Crippen LogP contribution >= 0.6 is 0 Å². The van der Waals surface area contributed by atoms with Crippen LogP contribution in [0, 0.1) is 0 Å². The Morgan fingerprint density at radius 1 is 1.06 bits per heavy atom. The molecule has 3 atom stereocenters. The van der Waals surface area contributed by atoms with Gasteiger partial charge in [0.25, 0.3) is 0 Å². The highest BCUT2D eigenvalue weighted by Crippen LogP contribution is 2.28. The summed E-state index contributed by atoms with van der Waals surface area (Å²) in [6.45, 7) is 7.93. The summed E-state index contributed by atoms with van der Waals surface area (Å²) in [6, 6.07) is 19.3. The molecule has 0 aliphatic carbocycles. The van der Waals surface area contributed by atoms with E-state index < -0.39 is 23.7 Å². The third-order valence-electron chi connectivity index (χ3n) is 4.97. The summed E-state index contributed by atoms with van der Waals surface area (Å²) in [5.41, 5.74) is 1.45. The average Bonchev–Trinajstić information content (AvgIpc) is 2.75. The number of rotatable bonds is 10. The van der Waals surface area contributed by atoms with Gasteiger partial charge in [0.15, 0.2) is 6.10 Å². The number of carbonyl (C=O) groups excluding carboxylic acids is 1. The molecule has 0 spiro atoms. The number of hydrogen-bond donors (Lipinski definition) is 2. The third kappa shape index (κ3) is 7.94. The van der Waals surface area contributed by atoms with E-state index in [1.165, 1.54) is 0 Å². The van der Waals surface area contributed by atoms with Crippen LogP contribution in [-0.4, -0.2) is 45.4 Å². The van der Waals surface area contributed by atoms with Crippen molar-refractivity contribution >= 4 is 5.97 Å². The fourth-order valence-corrected chi connectivity index (χ4v) is 3.43. The van der Waals surface area contributed by atoms with Crippen LogP contribution in [0.5, 0.6) is 0 Å². The highest BCUT2D eigenvalue weighted by Gasteiger charge is 2.35. The Balaban J connectivity index is 2.44. The lowest BCUT2D eigenvalue weighted by molar-refractivity contribution is -0.168. The Labute approximate surface area is 186 Å². The van der Waals surface area contributed by atoms with E-state index in [0.717, 1.165) is 11.1 Å². The van der Waals surface area contributed by atoms with Gasteiger partial charge in [0.2, 0.25) is 0 Å². The molecule has 2 aromatic rings. The van der Waals surface area contributed by atoms with Crippen LogP contribution in [-0.2, 0) is 16.1 Å². The quantitative estimate of drug-likeness (QED) is 0.440. The lowest BCUT2D eigenvalue weighted by Gasteiger charge is -2.37. The normalized spacial score (nSPS) is 15.1. The monoisotopic (exact) mass is 425 g/mol. The van der Waals surface area contributed by atoms with Gasteiger partial charge in [-0.1, -0.05) is 72.8 Å². The molecule has 0 unspecified atom stereocenters. The molecule has 0 bridgehead atoms. The maximum atomic E-state index is 12.8. The molecular weight excluding hydrogens is 390 g/mol. The minimum absolute atomic E-state index is 0.00131. The smallest absolute Gasteiger partial charge is 0.337 e. The van der Waals surface area contributed by atoms with Crippen molar-refractivity contribution in [2.75, 3.05) is 6.61 Å². The van der Waals surface area contributed by atoms with Gasteiger partial charge in [-0.15, -0.1) is 0 Å². The standard InChI is InChI=1S/C26H35NO4/c1-20(22-15-9-6-10-16-22)27(19-21-13-7-5-8-14-21)23(17-11-12-18-28)24(29)25(30)31-26(2,3)4/h5-11,13-17,20,23-24,28-29H,12,18-19H2,1-4H3/b17-11+/t20-,23-,24-/m1/s1. The maximum absolute atomic E-state index is 12.8. The van der Waals surface area contributed by atoms with Crippen molar-refractivity contribution in [3.8, 4) is 0 Å². The number of aliphatic hydroxyl groups is 2. The highest BCUT2D eigenvalue weighted by atomic mass is 16.6. The molecule has 31 heavy (non-hydrogen) atoms. The summed E-state index contributed by atoms with van der Waals surface area (Å²) in [6.07, 6.45) is 2.67. The molecular formula is C26H35NO4. The van der Waals surface area contributed by atoms with Crippen LogP contribution in [0.4, 0.5) is 0 Å². The maximum Gasteiger partial charge on any atom is 0.337 e. The van der Waals surface area contributed by atoms with E-state index in [1.54, 1.807) is 32.9 Å². The van der Waals surface area contributed by atoms with Crippen molar-refractivity contribution < 1.29 is 19.7 Å². The highest BCUT2D eigenvalue weighted by molar-refractivity contribution is 5.76. The summed E-state index contributed by atoms with van der Waals surface area (Å²) in [7, 11) is 0. The second-order valence-electron chi connectivity index (χ2n) is 8.65. The van der Waals surface area contributed by atoms with Gasteiger partial charge in [0.1, 0.15) is 5.60 Å². The zero-order valence-electron chi connectivity index (χ0n) is 18.9. The van der Waals surface area contributed by atoms with Crippen LogP contribution in [0.3, 0.4) is 0 Å². The lowest BCUT2D eigenvalue weighted by atomic mass is 9.99. The molecule has 0 aliphatic rings. The van der Waals surface area contributed by atoms with E-state index in [0.29, 0.717) is 13.0 Å². The minimum Gasteiger partial charge on any atom is -0.458 e. The van der Waals surface area contributed by atoms with E-state index in [-0.39, 0.29) is 12.6 Å². The van der Waals surface area contributed by atoms with E-state index in [2.05, 4.69) is 11.8 Å². The van der Waals surface area contributed by atoms with Crippen LogP contribution in [0.2, 0.25) is 0 Å². The van der Waals surface area contributed by atoms with Crippen LogP contribution in [0.1, 0.15) is 51.3 Å². The van der Waals surface area contributed by atoms with Crippen molar-refractivity contribution in [2.45, 2.75) is 64.4 Å². The van der Waals surface area contributed by atoms with Crippen molar-refractivity contribution in [3.05, 3.63) is 83.9 Å². The Bertz CT molecular complexity index is 814. The number of nitrogens with zero attached hydrogens (tertiary/aromatic N) is 1. The van der Waals surface area contributed by atoms with Gasteiger partial charge in [0, 0.05) is 19.2 Å². The summed E-state index contributed by atoms with van der Waals surface area (Å²) in [5.74, 6) is -0.663. The molecule has 0 aromatic heterocycles. The lowest BCUT2D eigenvalue weighted by Crippen LogP contribution is -2.48. The molecule has 0 radical (unpaired) electrons. The molecule has 5 nitrogen and oxygen atoms in total. The Morgan fingerprint density at radius 3 is 2.19 bits per heavy atom. The molecule has 0 fully saturated rings. The van der Waals surface area contributed by atoms with Crippen LogP contribution in [0.15, 0.2) is 72.8 Å². The van der Waals surface area contributed by atoms with E-state index in [4.69, 9.17) is 4.74 Å². The molecule has 2 N–H and O–H groups in total. The summed E-state index contributed by atoms with van der Waals surface area (Å²) < 4.78 is 5.47. The summed E-state index contributed by atoms with van der Waals surface area (Å²) in [5, 5.41) is 20.3. The predicted octanol–water partition coefficient (Wildman–Crippen LogP) is 4.26. The Morgan fingerprint density at radius 2 is 1.65 bits per heavy atom. The number of carbonyl (C=O) groups is 1. The topological polar surface area (TPSA) is 70.0 Å². The third-order valence-corrected chi connectivity index (χ3v) is 4.97. The number of ether oxygens (including phenoxy) is 1. The van der Waals surface area contributed by atoms with Gasteiger partial charge in [0.05, 0.1) is 6.04 Å². The fourth-order valence-electron chi connectivity index (χ4n) is 3.43. The first-order valence-electron chi connectivity index (χ1n) is 10.8. The summed E-state index contributed by atoms with van der Waals surface area (Å²) >= 11 is 0. The molecule has 0 amide bonds. The van der Waals surface area contributed by atoms with Crippen LogP contribution in [0.25, 0.3) is 0 Å². The van der Waals surface area contributed by atoms with E-state index >= 15 is 0 Å². The minimum atomic E-state index is -1.37. The van der Waals surface area contributed by atoms with Gasteiger partial charge in [-0.25, -0.2) is 4.79 Å². The average molecular weight is 426 g/mol. The first-order valence-corrected chi connectivity index (χ1v) is 10.8. The number of hydrogen-bond acceptors (Lipinski definition) is 5. The SMILES string of the molecule is C[C@H](c1ccccc1)N(Cc1ccccc1)[C@H](/C=C/CCO)[C@@H](O)C(=O)OC(C)(C)C. The molecule has 2 aromatic carbocycles. The Hall–Kier alpha value is -2.47. The van der Waals surface area contributed by atoms with Crippen molar-refractivity contribution in [1.29, 1.82) is 0 Å². The molecule has 0 saturated carbocycles. The second-order valence-corrected chi connectivity index (χ2v) is 8.65. The van der Waals surface area contributed by atoms with Gasteiger partial charge >= 0.3 is 5.97 Å². The predicted molar refractivity (Wildman–Crippen MR) is 123 cm³/mol. The van der Waals surface area contributed by atoms with Gasteiger partial charge in [-0.2, -0.15) is 0 Å². The number of esters is 1. The molecule has 0 saturated heterocycles. The zero-order valence-corrected chi connectivity index (χ0v) is 18.9. The van der Waals surface area contributed by atoms with E-state index in [9.17, 15) is 15.0 Å². The molecule has 0 aliphatic heterocycles. The molecule has 5 heteroatoms. The van der Waals surface area contributed by atoms with Gasteiger partial charge in [-0.05, 0) is 45.2 Å². The zero-order chi connectivity index (χ0) is 22.9. The van der Waals surface area contributed by atoms with Gasteiger partial charge < -0.3 is 14.9 Å². The second kappa shape index (κ2) is 11.8. The largest absolute Gasteiger partial charge is 0.458 e. The molecule has 2 rings (SSSR count). The molecule has 168 valence electrons. The number of benzene rings is 2. The molecule has 0 heterocycles. The van der Waals surface area contributed by atoms with Crippen LogP contribution < -0.4 is 0 Å². The number of aliphatic hydroxyl groups excluding tert-OH is 2. The van der Waals surface area contributed by atoms with E-state index in [1.807, 2.05) is 60.7 Å².